The Morgan fingerprint density at radius 2 is 1.86 bits per heavy atom. The number of benzene rings is 1. The van der Waals surface area contributed by atoms with Crippen LogP contribution in [-0.4, -0.2) is 28.5 Å². The van der Waals surface area contributed by atoms with Gasteiger partial charge in [-0.2, -0.15) is 0 Å². The highest BCUT2D eigenvalue weighted by molar-refractivity contribution is 8.18. The lowest BCUT2D eigenvalue weighted by molar-refractivity contribution is -0.127. The summed E-state index contributed by atoms with van der Waals surface area (Å²) in [5, 5.41) is 2.74. The number of rotatable bonds is 3. The quantitative estimate of drug-likeness (QED) is 0.867. The monoisotopic (exact) mass is 324 g/mol. The van der Waals surface area contributed by atoms with Crippen molar-refractivity contribution in [2.45, 2.75) is 13.8 Å². The summed E-state index contributed by atoms with van der Waals surface area (Å²) >= 11 is 6.61. The number of hydrogen-bond donors (Lipinski definition) is 1. The first kappa shape index (κ1) is 15.6. The Balaban J connectivity index is 2.03. The van der Waals surface area contributed by atoms with Crippen molar-refractivity contribution in [3.63, 3.8) is 0 Å². The molecule has 2 rings (SSSR count). The van der Waals surface area contributed by atoms with Gasteiger partial charge in [0.05, 0.1) is 4.91 Å². The van der Waals surface area contributed by atoms with E-state index in [1.807, 2.05) is 0 Å². The minimum absolute atomic E-state index is 0.302. The average molecular weight is 325 g/mol. The first-order valence-corrected chi connectivity index (χ1v) is 7.34. The minimum Gasteiger partial charge on any atom is -0.325 e. The zero-order valence-electron chi connectivity index (χ0n) is 11.5. The molecule has 1 heterocycles. The van der Waals surface area contributed by atoms with Gasteiger partial charge >= 0.3 is 0 Å². The summed E-state index contributed by atoms with van der Waals surface area (Å²) in [7, 11) is 0. The number of carbonyl (C=O) groups is 3. The van der Waals surface area contributed by atoms with Crippen molar-refractivity contribution in [3.8, 4) is 0 Å². The number of halogens is 1. The van der Waals surface area contributed by atoms with Crippen molar-refractivity contribution in [2.75, 3.05) is 11.9 Å². The Hall–Kier alpha value is -1.79. The molecular weight excluding hydrogens is 312 g/mol. The van der Waals surface area contributed by atoms with Crippen LogP contribution in [0.2, 0.25) is 5.02 Å². The summed E-state index contributed by atoms with van der Waals surface area (Å²) in [6, 6.07) is 6.56. The normalized spacial score (nSPS) is 14.6. The summed E-state index contributed by atoms with van der Waals surface area (Å²) in [5.74, 6) is -0.856. The third-order valence-electron chi connectivity index (χ3n) is 2.73. The number of thioether (sulfide) groups is 1. The first-order valence-electron chi connectivity index (χ1n) is 6.15. The predicted octanol–water partition coefficient (Wildman–Crippen LogP) is 3.27. The molecule has 0 bridgehead atoms. The van der Waals surface area contributed by atoms with Gasteiger partial charge in [0.2, 0.25) is 5.91 Å². The Morgan fingerprint density at radius 1 is 1.24 bits per heavy atom. The molecular formula is C14H13ClN2O3S. The molecule has 0 atom stereocenters. The molecule has 1 aromatic carbocycles. The van der Waals surface area contributed by atoms with Crippen LogP contribution in [0, 0.1) is 0 Å². The summed E-state index contributed by atoms with van der Waals surface area (Å²) in [5.41, 5.74) is 1.32. The molecule has 0 spiro atoms. The third-order valence-corrected chi connectivity index (χ3v) is 4.17. The molecule has 21 heavy (non-hydrogen) atoms. The second-order valence-corrected chi connectivity index (χ2v) is 6.04. The van der Waals surface area contributed by atoms with E-state index in [0.717, 1.165) is 22.2 Å². The van der Waals surface area contributed by atoms with E-state index in [4.69, 9.17) is 11.6 Å². The number of imide groups is 1. The van der Waals surface area contributed by atoms with Crippen molar-refractivity contribution in [1.29, 1.82) is 0 Å². The van der Waals surface area contributed by atoms with Crippen LogP contribution >= 0.6 is 23.4 Å². The molecule has 5 nitrogen and oxygen atoms in total. The topological polar surface area (TPSA) is 66.5 Å². The molecule has 1 saturated heterocycles. The summed E-state index contributed by atoms with van der Waals surface area (Å²) in [6.07, 6.45) is 0. The largest absolute Gasteiger partial charge is 0.325 e. The van der Waals surface area contributed by atoms with Crippen molar-refractivity contribution in [3.05, 3.63) is 39.8 Å². The SMILES string of the molecule is CC(C)=C1SC(=O)N(CC(=O)Nc2ccc(Cl)cc2)C1=O. The van der Waals surface area contributed by atoms with Gasteiger partial charge in [0.25, 0.3) is 11.1 Å². The van der Waals surface area contributed by atoms with E-state index in [1.54, 1.807) is 38.1 Å². The standard InChI is InChI=1S/C14H13ClN2O3S/c1-8(2)12-13(19)17(14(20)21-12)7-11(18)16-10-5-3-9(15)4-6-10/h3-6H,7H2,1-2H3,(H,16,18). The lowest BCUT2D eigenvalue weighted by Gasteiger charge is -2.12. The Labute approximate surface area is 131 Å². The summed E-state index contributed by atoms with van der Waals surface area (Å²) in [4.78, 5) is 37.0. The van der Waals surface area contributed by atoms with Gasteiger partial charge in [-0.1, -0.05) is 17.2 Å². The molecule has 1 aliphatic heterocycles. The fourth-order valence-corrected chi connectivity index (χ4v) is 2.68. The Morgan fingerprint density at radius 3 is 2.38 bits per heavy atom. The van der Waals surface area contributed by atoms with Gasteiger partial charge in [-0.15, -0.1) is 0 Å². The lowest BCUT2D eigenvalue weighted by atomic mass is 10.3. The first-order chi connectivity index (χ1) is 9.88. The van der Waals surface area contributed by atoms with Crippen LogP contribution in [0.5, 0.6) is 0 Å². The van der Waals surface area contributed by atoms with Gasteiger partial charge in [-0.05, 0) is 49.9 Å². The zero-order chi connectivity index (χ0) is 15.6. The fourth-order valence-electron chi connectivity index (χ4n) is 1.72. The number of anilines is 1. The maximum atomic E-state index is 12.0. The summed E-state index contributed by atoms with van der Waals surface area (Å²) < 4.78 is 0. The molecule has 0 aliphatic carbocycles. The van der Waals surface area contributed by atoms with E-state index < -0.39 is 17.1 Å². The van der Waals surface area contributed by atoms with Gasteiger partial charge in [0.1, 0.15) is 6.54 Å². The molecule has 1 fully saturated rings. The van der Waals surface area contributed by atoms with Crippen LogP contribution in [0.25, 0.3) is 0 Å². The van der Waals surface area contributed by atoms with E-state index in [1.165, 1.54) is 0 Å². The second-order valence-electron chi connectivity index (χ2n) is 4.64. The van der Waals surface area contributed by atoms with Gasteiger partial charge in [0, 0.05) is 10.7 Å². The van der Waals surface area contributed by atoms with Crippen molar-refractivity contribution >= 4 is 46.1 Å². The molecule has 0 saturated carbocycles. The molecule has 1 aliphatic rings. The van der Waals surface area contributed by atoms with E-state index >= 15 is 0 Å². The molecule has 110 valence electrons. The highest BCUT2D eigenvalue weighted by Gasteiger charge is 2.36. The number of hydrogen-bond acceptors (Lipinski definition) is 4. The molecule has 0 aromatic heterocycles. The Bertz CT molecular complexity index is 636. The van der Waals surface area contributed by atoms with Crippen LogP contribution < -0.4 is 5.32 Å². The zero-order valence-corrected chi connectivity index (χ0v) is 13.0. The van der Waals surface area contributed by atoms with Gasteiger partial charge in [0.15, 0.2) is 0 Å². The van der Waals surface area contributed by atoms with Crippen LogP contribution in [0.4, 0.5) is 10.5 Å². The lowest BCUT2D eigenvalue weighted by Crippen LogP contribution is -2.36. The average Bonchev–Trinajstić information content (AvgIpc) is 2.69. The van der Waals surface area contributed by atoms with Crippen molar-refractivity contribution < 1.29 is 14.4 Å². The molecule has 7 heteroatoms. The maximum Gasteiger partial charge on any atom is 0.294 e. The number of carbonyl (C=O) groups excluding carboxylic acids is 3. The van der Waals surface area contributed by atoms with Gasteiger partial charge in [-0.25, -0.2) is 0 Å². The minimum atomic E-state index is -0.436. The van der Waals surface area contributed by atoms with Crippen LogP contribution in [0.1, 0.15) is 13.8 Å². The number of nitrogens with one attached hydrogen (secondary N) is 1. The molecule has 0 radical (unpaired) electrons. The number of nitrogens with zero attached hydrogens (tertiary/aromatic N) is 1. The van der Waals surface area contributed by atoms with E-state index in [2.05, 4.69) is 5.32 Å². The van der Waals surface area contributed by atoms with Gasteiger partial charge < -0.3 is 5.32 Å². The molecule has 3 amide bonds. The Kier molecular flexibility index (Phi) is 4.69. The highest BCUT2D eigenvalue weighted by atomic mass is 35.5. The third kappa shape index (κ3) is 3.65. The maximum absolute atomic E-state index is 12.0. The van der Waals surface area contributed by atoms with Crippen LogP contribution in [-0.2, 0) is 9.59 Å². The van der Waals surface area contributed by atoms with Gasteiger partial charge in [-0.3, -0.25) is 19.3 Å². The van der Waals surface area contributed by atoms with E-state index in [-0.39, 0.29) is 6.54 Å². The summed E-state index contributed by atoms with van der Waals surface area (Å²) in [6.45, 7) is 3.21. The molecule has 1 aromatic rings. The smallest absolute Gasteiger partial charge is 0.294 e. The highest BCUT2D eigenvalue weighted by Crippen LogP contribution is 2.32. The molecule has 0 unspecified atom stereocenters. The predicted molar refractivity (Wildman–Crippen MR) is 83.2 cm³/mol. The number of allylic oxidation sites excluding steroid dienone is 1. The van der Waals surface area contributed by atoms with Crippen molar-refractivity contribution in [1.82, 2.24) is 4.90 Å². The van der Waals surface area contributed by atoms with Crippen LogP contribution in [0.15, 0.2) is 34.7 Å². The molecule has 1 N–H and O–H groups in total. The second kappa shape index (κ2) is 6.32. The van der Waals surface area contributed by atoms with E-state index in [0.29, 0.717) is 15.6 Å². The van der Waals surface area contributed by atoms with Crippen molar-refractivity contribution in [2.24, 2.45) is 0 Å². The number of amides is 3. The van der Waals surface area contributed by atoms with Crippen LogP contribution in [0.3, 0.4) is 0 Å². The fraction of sp³-hybridized carbons (Fsp3) is 0.214. The van der Waals surface area contributed by atoms with E-state index in [9.17, 15) is 14.4 Å².